The first-order valence-electron chi connectivity index (χ1n) is 11.7. The van der Waals surface area contributed by atoms with Crippen LogP contribution in [0.4, 0.5) is 0 Å². The number of aliphatic hydroxyl groups excluding tert-OH is 2. The summed E-state index contributed by atoms with van der Waals surface area (Å²) >= 11 is 0. The summed E-state index contributed by atoms with van der Waals surface area (Å²) in [5.74, 6) is -0.0529. The van der Waals surface area contributed by atoms with Gasteiger partial charge in [-0.25, -0.2) is 0 Å². The van der Waals surface area contributed by atoms with Crippen LogP contribution < -0.4 is 0 Å². The lowest BCUT2D eigenvalue weighted by Crippen LogP contribution is -2.55. The molecule has 6 atom stereocenters. The summed E-state index contributed by atoms with van der Waals surface area (Å²) in [6.45, 7) is 10.8. The Labute approximate surface area is 180 Å². The molecule has 2 saturated heterocycles. The summed E-state index contributed by atoms with van der Waals surface area (Å²) in [4.78, 5) is 17.5. The second-order valence-electron chi connectivity index (χ2n) is 9.78. The van der Waals surface area contributed by atoms with E-state index in [2.05, 4.69) is 29.7 Å². The van der Waals surface area contributed by atoms with Gasteiger partial charge in [0.05, 0.1) is 31.8 Å². The topological polar surface area (TPSA) is 82.5 Å². The minimum absolute atomic E-state index is 0.0639. The Morgan fingerprint density at radius 1 is 1.23 bits per heavy atom. The molecule has 7 nitrogen and oxygen atoms in total. The van der Waals surface area contributed by atoms with E-state index >= 15 is 0 Å². The van der Waals surface area contributed by atoms with Gasteiger partial charge in [0.15, 0.2) is 0 Å². The van der Waals surface area contributed by atoms with Crippen molar-refractivity contribution in [2.75, 3.05) is 59.1 Å². The van der Waals surface area contributed by atoms with Gasteiger partial charge in [0.1, 0.15) is 6.10 Å². The van der Waals surface area contributed by atoms with Crippen LogP contribution in [-0.2, 0) is 14.3 Å². The number of carbonyl (C=O) groups is 1. The molecule has 0 spiro atoms. The van der Waals surface area contributed by atoms with Crippen molar-refractivity contribution >= 4 is 5.97 Å². The molecule has 30 heavy (non-hydrogen) atoms. The number of hydrogen-bond donors (Lipinski definition) is 2. The molecule has 1 saturated carbocycles. The quantitative estimate of drug-likeness (QED) is 0.358. The molecule has 170 valence electrons. The molecule has 4 aliphatic rings. The number of piperazine rings is 1. The first-order chi connectivity index (χ1) is 14.4. The van der Waals surface area contributed by atoms with Gasteiger partial charge in [-0.05, 0) is 18.8 Å². The maximum Gasteiger partial charge on any atom is 0.311 e. The molecule has 0 aromatic carbocycles. The number of hydrogen-bond acceptors (Lipinski definition) is 7. The predicted octanol–water partition coefficient (Wildman–Crippen LogP) is 0.898. The van der Waals surface area contributed by atoms with E-state index in [0.29, 0.717) is 25.7 Å². The van der Waals surface area contributed by atoms with Crippen molar-refractivity contribution in [1.82, 2.24) is 9.80 Å². The molecule has 0 aromatic heterocycles. The second kappa shape index (κ2) is 9.25. The highest BCUT2D eigenvalue weighted by Gasteiger charge is 2.59. The number of nitrogens with zero attached hydrogens (tertiary/aromatic N) is 2. The van der Waals surface area contributed by atoms with E-state index in [9.17, 15) is 9.90 Å². The van der Waals surface area contributed by atoms with E-state index in [0.717, 1.165) is 52.0 Å². The van der Waals surface area contributed by atoms with Crippen LogP contribution in [-0.4, -0.2) is 97.3 Å². The van der Waals surface area contributed by atoms with Crippen molar-refractivity contribution in [1.29, 1.82) is 0 Å². The number of fused-ring (bicyclic) bond motifs is 2. The van der Waals surface area contributed by atoms with Crippen molar-refractivity contribution in [3.05, 3.63) is 11.6 Å². The normalized spacial score (nSPS) is 39.9. The van der Waals surface area contributed by atoms with Gasteiger partial charge in [-0.1, -0.05) is 25.5 Å². The van der Waals surface area contributed by atoms with Crippen LogP contribution in [0.15, 0.2) is 11.6 Å². The third kappa shape index (κ3) is 4.07. The molecule has 7 heteroatoms. The van der Waals surface area contributed by atoms with E-state index in [1.165, 1.54) is 5.57 Å². The Hall–Kier alpha value is -0.990. The number of ether oxygens (including phenoxy) is 2. The van der Waals surface area contributed by atoms with Crippen LogP contribution in [0.3, 0.4) is 0 Å². The van der Waals surface area contributed by atoms with E-state index in [4.69, 9.17) is 14.6 Å². The number of carbonyl (C=O) groups excluding carboxylic acids is 1. The molecule has 3 fully saturated rings. The molecule has 2 aliphatic heterocycles. The monoisotopic (exact) mass is 422 g/mol. The van der Waals surface area contributed by atoms with Crippen LogP contribution in [0, 0.1) is 23.2 Å². The van der Waals surface area contributed by atoms with E-state index in [1.54, 1.807) is 0 Å². The zero-order chi connectivity index (χ0) is 21.3. The van der Waals surface area contributed by atoms with Gasteiger partial charge in [0.2, 0.25) is 0 Å². The van der Waals surface area contributed by atoms with Crippen molar-refractivity contribution in [2.24, 2.45) is 23.2 Å². The number of allylic oxidation sites excluding steroid dienone is 1. The SMILES string of the molecule is C[C@H]1CCC=C2C[C@H]3OC(=O)[C@@H](CN4CCN(CCOCCO)CC4)[C@H]3[C@H](O)[C@@]21C. The van der Waals surface area contributed by atoms with Crippen LogP contribution in [0.25, 0.3) is 0 Å². The highest BCUT2D eigenvalue weighted by atomic mass is 16.6. The standard InChI is InChI=1S/C23H38N2O5/c1-16-4-3-5-17-14-19-20(21(27)23(16,17)2)18(22(28)30-19)15-25-8-6-24(7-9-25)10-12-29-13-11-26/h5,16,18-21,26-27H,3-4,6-15H2,1-2H3/t16-,18-,19+,20+,21-,23+/m0/s1. The molecule has 0 radical (unpaired) electrons. The van der Waals surface area contributed by atoms with Gasteiger partial charge < -0.3 is 19.7 Å². The summed E-state index contributed by atoms with van der Waals surface area (Å²) in [7, 11) is 0. The molecule has 0 amide bonds. The molecule has 2 N–H and O–H groups in total. The molecule has 0 aromatic rings. The number of rotatable bonds is 7. The zero-order valence-corrected chi connectivity index (χ0v) is 18.5. The summed E-state index contributed by atoms with van der Waals surface area (Å²) in [5.41, 5.74) is 1.05. The molecular weight excluding hydrogens is 384 g/mol. The molecule has 0 bridgehead atoms. The highest BCUT2D eigenvalue weighted by Crippen LogP contribution is 2.56. The average Bonchev–Trinajstić information content (AvgIpc) is 3.04. The summed E-state index contributed by atoms with van der Waals surface area (Å²) in [5, 5.41) is 20.3. The second-order valence-corrected chi connectivity index (χ2v) is 9.78. The average molecular weight is 423 g/mol. The maximum absolute atomic E-state index is 12.8. The molecule has 2 aliphatic carbocycles. The number of aliphatic hydroxyl groups is 2. The molecule has 0 unspecified atom stereocenters. The lowest BCUT2D eigenvalue weighted by atomic mass is 9.55. The first kappa shape index (κ1) is 22.2. The van der Waals surface area contributed by atoms with Gasteiger partial charge >= 0.3 is 5.97 Å². The van der Waals surface area contributed by atoms with Gasteiger partial charge in [0, 0.05) is 57.0 Å². The third-order valence-corrected chi connectivity index (χ3v) is 8.28. The van der Waals surface area contributed by atoms with Gasteiger partial charge in [-0.15, -0.1) is 0 Å². The lowest BCUT2D eigenvalue weighted by molar-refractivity contribution is -0.145. The Morgan fingerprint density at radius 3 is 2.70 bits per heavy atom. The van der Waals surface area contributed by atoms with Crippen molar-refractivity contribution in [3.8, 4) is 0 Å². The van der Waals surface area contributed by atoms with Gasteiger partial charge in [-0.3, -0.25) is 14.6 Å². The van der Waals surface area contributed by atoms with Crippen LogP contribution in [0.1, 0.15) is 33.1 Å². The highest BCUT2D eigenvalue weighted by molar-refractivity contribution is 5.76. The Bertz CT molecular complexity index is 648. The smallest absolute Gasteiger partial charge is 0.311 e. The van der Waals surface area contributed by atoms with Crippen LogP contribution >= 0.6 is 0 Å². The minimum atomic E-state index is -0.529. The fourth-order valence-corrected chi connectivity index (χ4v) is 6.11. The minimum Gasteiger partial charge on any atom is -0.461 e. The Balaban J connectivity index is 1.36. The van der Waals surface area contributed by atoms with E-state index in [1.807, 2.05) is 0 Å². The van der Waals surface area contributed by atoms with Crippen molar-refractivity contribution in [2.45, 2.75) is 45.3 Å². The number of esters is 1. The maximum atomic E-state index is 12.8. The molecule has 2 heterocycles. The summed E-state index contributed by atoms with van der Waals surface area (Å²) in [6, 6.07) is 0. The van der Waals surface area contributed by atoms with Crippen molar-refractivity contribution in [3.63, 3.8) is 0 Å². The molecule has 4 rings (SSSR count). The van der Waals surface area contributed by atoms with Crippen molar-refractivity contribution < 1.29 is 24.5 Å². The van der Waals surface area contributed by atoms with Gasteiger partial charge in [0.25, 0.3) is 0 Å². The van der Waals surface area contributed by atoms with E-state index < -0.39 is 6.10 Å². The Kier molecular flexibility index (Phi) is 6.85. The first-order valence-corrected chi connectivity index (χ1v) is 11.7. The lowest BCUT2D eigenvalue weighted by Gasteiger charge is -2.52. The summed E-state index contributed by atoms with van der Waals surface area (Å²) in [6.07, 6.45) is 4.52. The largest absolute Gasteiger partial charge is 0.461 e. The van der Waals surface area contributed by atoms with E-state index in [-0.39, 0.29) is 35.9 Å². The fourth-order valence-electron chi connectivity index (χ4n) is 6.11. The van der Waals surface area contributed by atoms with Crippen LogP contribution in [0.2, 0.25) is 0 Å². The zero-order valence-electron chi connectivity index (χ0n) is 18.5. The van der Waals surface area contributed by atoms with Crippen LogP contribution in [0.5, 0.6) is 0 Å². The third-order valence-electron chi connectivity index (χ3n) is 8.28. The summed E-state index contributed by atoms with van der Waals surface area (Å²) < 4.78 is 11.2. The Morgan fingerprint density at radius 2 is 1.97 bits per heavy atom. The van der Waals surface area contributed by atoms with Gasteiger partial charge in [-0.2, -0.15) is 0 Å². The predicted molar refractivity (Wildman–Crippen MR) is 113 cm³/mol. The molecular formula is C23H38N2O5. The fraction of sp³-hybridized carbons (Fsp3) is 0.870.